The minimum Gasteiger partial charge on any atom is -0.488 e. The highest BCUT2D eigenvalue weighted by molar-refractivity contribution is 5.85. The molecule has 0 amide bonds. The summed E-state index contributed by atoms with van der Waals surface area (Å²) in [6.07, 6.45) is 7.06. The fourth-order valence-electron chi connectivity index (χ4n) is 4.42. The van der Waals surface area contributed by atoms with Gasteiger partial charge in [0, 0.05) is 48.5 Å². The number of pyridine rings is 2. The number of anilines is 1. The zero-order chi connectivity index (χ0) is 20.0. The predicted octanol–water partition coefficient (Wildman–Crippen LogP) is 3.24. The van der Waals surface area contributed by atoms with Gasteiger partial charge in [-0.3, -0.25) is 4.79 Å². The third kappa shape index (κ3) is 3.28. The molecule has 3 aromatic rings. The first kappa shape index (κ1) is 17.9. The Balaban J connectivity index is 1.53. The number of fused-ring (bicyclic) bond motifs is 5. The summed E-state index contributed by atoms with van der Waals surface area (Å²) in [6, 6.07) is 8.59. The minimum absolute atomic E-state index is 0.204. The molecule has 0 atom stereocenters. The predicted molar refractivity (Wildman–Crippen MR) is 110 cm³/mol. The maximum absolute atomic E-state index is 10.9. The molecular weight excluding hydrogens is 366 g/mol. The molecule has 0 spiro atoms. The molecule has 1 N–H and O–H groups in total. The molecule has 0 saturated heterocycles. The Hall–Kier alpha value is -3.15. The highest BCUT2D eigenvalue weighted by Gasteiger charge is 2.25. The summed E-state index contributed by atoms with van der Waals surface area (Å²) in [5.74, 6) is 0.134. The summed E-state index contributed by atoms with van der Waals surface area (Å²) in [7, 11) is 2.01. The van der Waals surface area contributed by atoms with Crippen molar-refractivity contribution in [2.45, 2.75) is 32.3 Å². The lowest BCUT2D eigenvalue weighted by Gasteiger charge is -2.33. The first-order valence-corrected chi connectivity index (χ1v) is 10.1. The molecule has 2 aliphatic heterocycles. The number of aryl methyl sites for hydroxylation is 2. The third-order valence-electron chi connectivity index (χ3n) is 5.82. The van der Waals surface area contributed by atoms with Crippen LogP contribution in [0.3, 0.4) is 0 Å². The van der Waals surface area contributed by atoms with Crippen LogP contribution in [-0.4, -0.2) is 29.1 Å². The highest BCUT2D eigenvalue weighted by atomic mass is 16.5. The monoisotopic (exact) mass is 390 g/mol. The minimum atomic E-state index is -0.737. The molecule has 0 aliphatic carbocycles. The number of carboxylic acids is 1. The summed E-state index contributed by atoms with van der Waals surface area (Å²) in [6.45, 7) is 2.23. The van der Waals surface area contributed by atoms with E-state index >= 15 is 0 Å². The molecule has 0 unspecified atom stereocenters. The zero-order valence-corrected chi connectivity index (χ0v) is 16.5. The van der Waals surface area contributed by atoms with E-state index in [1.807, 2.05) is 23.9 Å². The number of benzene rings is 1. The van der Waals surface area contributed by atoms with Crippen LogP contribution in [0.1, 0.15) is 30.4 Å². The molecule has 148 valence electrons. The number of aromatic nitrogens is 2. The van der Waals surface area contributed by atoms with E-state index in [1.54, 1.807) is 0 Å². The highest BCUT2D eigenvalue weighted by Crippen LogP contribution is 2.43. The van der Waals surface area contributed by atoms with Crippen molar-refractivity contribution < 1.29 is 19.2 Å². The third-order valence-corrected chi connectivity index (χ3v) is 5.82. The second-order valence-corrected chi connectivity index (χ2v) is 7.93. The Morgan fingerprint density at radius 1 is 1.31 bits per heavy atom. The molecule has 5 rings (SSSR count). The van der Waals surface area contributed by atoms with E-state index in [4.69, 9.17) is 14.8 Å². The molecule has 0 radical (unpaired) electrons. The summed E-state index contributed by atoms with van der Waals surface area (Å²) in [5.41, 5.74) is 6.65. The van der Waals surface area contributed by atoms with Gasteiger partial charge in [0.15, 0.2) is 12.4 Å². The van der Waals surface area contributed by atoms with Crippen molar-refractivity contribution in [1.82, 2.24) is 4.98 Å². The maximum atomic E-state index is 10.9. The number of nitrogens with zero attached hydrogens (tertiary/aromatic N) is 3. The summed E-state index contributed by atoms with van der Waals surface area (Å²) < 4.78 is 8.15. The van der Waals surface area contributed by atoms with Crippen LogP contribution in [0.25, 0.3) is 22.2 Å². The molecule has 4 heterocycles. The molecule has 6 nitrogen and oxygen atoms in total. The number of hydrogen-bond acceptors (Lipinski definition) is 4. The summed E-state index contributed by atoms with van der Waals surface area (Å²) >= 11 is 0. The average Bonchev–Trinajstić information content (AvgIpc) is 2.71. The number of carbonyl (C=O) groups is 1. The smallest absolute Gasteiger partial charge is 0.303 e. The van der Waals surface area contributed by atoms with Crippen molar-refractivity contribution in [2.75, 3.05) is 18.0 Å². The van der Waals surface area contributed by atoms with Crippen molar-refractivity contribution in [1.29, 1.82) is 0 Å². The van der Waals surface area contributed by atoms with Gasteiger partial charge in [0.1, 0.15) is 19.4 Å². The fourth-order valence-corrected chi connectivity index (χ4v) is 4.42. The molecule has 2 aromatic heterocycles. The van der Waals surface area contributed by atoms with Gasteiger partial charge in [0.05, 0.1) is 16.6 Å². The molecular formula is C23H24N3O3+. The number of aliphatic carboxylic acids is 1. The van der Waals surface area contributed by atoms with Crippen molar-refractivity contribution in [3.8, 4) is 17.0 Å². The molecule has 2 aliphatic rings. The van der Waals surface area contributed by atoms with Crippen LogP contribution in [0, 0.1) is 0 Å². The van der Waals surface area contributed by atoms with E-state index in [1.165, 1.54) is 11.3 Å². The van der Waals surface area contributed by atoms with Gasteiger partial charge >= 0.3 is 5.97 Å². The molecule has 6 heteroatoms. The molecule has 0 saturated carbocycles. The van der Waals surface area contributed by atoms with Crippen molar-refractivity contribution in [3.63, 3.8) is 0 Å². The largest absolute Gasteiger partial charge is 0.488 e. The van der Waals surface area contributed by atoms with E-state index in [2.05, 4.69) is 29.3 Å². The Morgan fingerprint density at radius 2 is 2.21 bits per heavy atom. The van der Waals surface area contributed by atoms with E-state index in [0.29, 0.717) is 13.0 Å². The SMILES string of the molecule is C[n+]1ccc2nc3c(cc2c1)COc1cc2c(cc1-3)CCCN2CCCC(=O)O. The van der Waals surface area contributed by atoms with Crippen molar-refractivity contribution in [2.24, 2.45) is 7.05 Å². The van der Waals surface area contributed by atoms with Gasteiger partial charge in [0.25, 0.3) is 0 Å². The maximum Gasteiger partial charge on any atom is 0.303 e. The molecule has 0 bridgehead atoms. The van der Waals surface area contributed by atoms with Crippen LogP contribution >= 0.6 is 0 Å². The van der Waals surface area contributed by atoms with Gasteiger partial charge in [-0.15, -0.1) is 0 Å². The molecule has 0 fully saturated rings. The van der Waals surface area contributed by atoms with Crippen LogP contribution in [0.5, 0.6) is 5.75 Å². The van der Waals surface area contributed by atoms with Crippen LogP contribution in [-0.2, 0) is 24.9 Å². The van der Waals surface area contributed by atoms with Gasteiger partial charge in [-0.25, -0.2) is 9.55 Å². The van der Waals surface area contributed by atoms with Crippen molar-refractivity contribution >= 4 is 22.6 Å². The zero-order valence-electron chi connectivity index (χ0n) is 16.5. The van der Waals surface area contributed by atoms with Gasteiger partial charge in [-0.2, -0.15) is 0 Å². The Kier molecular flexibility index (Phi) is 4.34. The number of ether oxygens (including phenoxy) is 1. The topological polar surface area (TPSA) is 66.5 Å². The Bertz CT molecular complexity index is 1130. The first-order valence-electron chi connectivity index (χ1n) is 10.1. The van der Waals surface area contributed by atoms with Crippen molar-refractivity contribution in [3.05, 3.63) is 47.8 Å². The Morgan fingerprint density at radius 3 is 3.07 bits per heavy atom. The van der Waals surface area contributed by atoms with Gasteiger partial charge in [-0.1, -0.05) is 0 Å². The summed E-state index contributed by atoms with van der Waals surface area (Å²) in [4.78, 5) is 18.1. The van der Waals surface area contributed by atoms with E-state index < -0.39 is 5.97 Å². The lowest BCUT2D eigenvalue weighted by molar-refractivity contribution is -0.670. The van der Waals surface area contributed by atoms with Crippen LogP contribution in [0.15, 0.2) is 36.7 Å². The number of carboxylic acid groups (broad SMARTS) is 1. The van der Waals surface area contributed by atoms with Gasteiger partial charge < -0.3 is 14.7 Å². The van der Waals surface area contributed by atoms with E-state index in [0.717, 1.165) is 59.4 Å². The average molecular weight is 390 g/mol. The normalized spacial score (nSPS) is 14.7. The van der Waals surface area contributed by atoms with E-state index in [9.17, 15) is 4.79 Å². The molecule has 29 heavy (non-hydrogen) atoms. The second kappa shape index (κ2) is 7.03. The molecule has 1 aromatic carbocycles. The number of hydrogen-bond donors (Lipinski definition) is 1. The van der Waals surface area contributed by atoms with Crippen LogP contribution in [0.2, 0.25) is 0 Å². The van der Waals surface area contributed by atoms with Crippen LogP contribution in [0.4, 0.5) is 5.69 Å². The van der Waals surface area contributed by atoms with Gasteiger partial charge in [-0.05, 0) is 37.0 Å². The first-order chi connectivity index (χ1) is 14.1. The fraction of sp³-hybridized carbons (Fsp3) is 0.348. The van der Waals surface area contributed by atoms with E-state index in [-0.39, 0.29) is 6.42 Å². The number of rotatable bonds is 4. The quantitative estimate of drug-likeness (QED) is 0.693. The standard InChI is InChI=1S/C23H23N3O3/c1-25-9-6-19-16(13-25)10-17-14-29-21-12-20-15(11-18(21)23(17)24-19)4-2-7-26(20)8-3-5-22(27)28/h6,9-13H,2-5,7-8,14H2,1H3/p+1. The summed E-state index contributed by atoms with van der Waals surface area (Å²) in [5, 5.41) is 10.0. The Labute approximate surface area is 169 Å². The van der Waals surface area contributed by atoms with Gasteiger partial charge in [0.2, 0.25) is 0 Å². The van der Waals surface area contributed by atoms with Crippen LogP contribution < -0.4 is 14.2 Å². The lowest BCUT2D eigenvalue weighted by atomic mass is 9.94. The second-order valence-electron chi connectivity index (χ2n) is 7.93. The lowest BCUT2D eigenvalue weighted by Crippen LogP contribution is -2.31.